The number of ether oxygens (including phenoxy) is 1. The summed E-state index contributed by atoms with van der Waals surface area (Å²) in [5.41, 5.74) is 0.157. The SMILES string of the molecule is C=CCNC(=NC)NCC1(N(C)C)CCOCC1.I. The Morgan fingerprint density at radius 1 is 1.37 bits per heavy atom. The summed E-state index contributed by atoms with van der Waals surface area (Å²) >= 11 is 0. The lowest BCUT2D eigenvalue weighted by molar-refractivity contribution is -0.00500. The van der Waals surface area contributed by atoms with Crippen LogP contribution >= 0.6 is 24.0 Å². The molecular weight excluding hydrogens is 355 g/mol. The number of hydrogen-bond donors (Lipinski definition) is 2. The van der Waals surface area contributed by atoms with Crippen LogP contribution in [0.25, 0.3) is 0 Å². The Hall–Kier alpha value is -0.340. The number of guanidine groups is 1. The van der Waals surface area contributed by atoms with E-state index in [0.29, 0.717) is 0 Å². The van der Waals surface area contributed by atoms with E-state index in [-0.39, 0.29) is 29.5 Å². The molecule has 1 saturated heterocycles. The fourth-order valence-electron chi connectivity index (χ4n) is 2.17. The van der Waals surface area contributed by atoms with E-state index in [1.165, 1.54) is 0 Å². The molecule has 1 aliphatic rings. The van der Waals surface area contributed by atoms with Crippen LogP contribution in [-0.2, 0) is 4.74 Å². The normalized spacial score (nSPS) is 18.6. The van der Waals surface area contributed by atoms with Crippen molar-refractivity contribution in [2.24, 2.45) is 4.99 Å². The van der Waals surface area contributed by atoms with Crippen LogP contribution in [0, 0.1) is 0 Å². The van der Waals surface area contributed by atoms with Crippen LogP contribution in [0.15, 0.2) is 17.6 Å². The van der Waals surface area contributed by atoms with E-state index in [1.807, 2.05) is 6.08 Å². The van der Waals surface area contributed by atoms with E-state index in [2.05, 4.69) is 41.2 Å². The molecule has 1 heterocycles. The molecule has 0 spiro atoms. The van der Waals surface area contributed by atoms with Crippen molar-refractivity contribution in [2.75, 3.05) is 47.4 Å². The van der Waals surface area contributed by atoms with Crippen molar-refractivity contribution < 1.29 is 4.74 Å². The largest absolute Gasteiger partial charge is 0.381 e. The van der Waals surface area contributed by atoms with Gasteiger partial charge < -0.3 is 20.3 Å². The minimum absolute atomic E-state index is 0. The van der Waals surface area contributed by atoms with Crippen LogP contribution in [0.5, 0.6) is 0 Å². The quantitative estimate of drug-likeness (QED) is 0.323. The predicted octanol–water partition coefficient (Wildman–Crippen LogP) is 1.07. The third-order valence-corrected chi connectivity index (χ3v) is 3.59. The maximum absolute atomic E-state index is 5.46. The van der Waals surface area contributed by atoms with Gasteiger partial charge in [-0.1, -0.05) is 6.08 Å². The third-order valence-electron chi connectivity index (χ3n) is 3.59. The molecule has 0 aromatic heterocycles. The lowest BCUT2D eigenvalue weighted by atomic mass is 9.88. The van der Waals surface area contributed by atoms with Crippen LogP contribution in [0.3, 0.4) is 0 Å². The van der Waals surface area contributed by atoms with Gasteiger partial charge in [0.25, 0.3) is 0 Å². The molecule has 0 aromatic rings. The number of aliphatic imine (C=N–C) groups is 1. The molecule has 0 radical (unpaired) electrons. The second-order valence-corrected chi connectivity index (χ2v) is 4.83. The van der Waals surface area contributed by atoms with Gasteiger partial charge >= 0.3 is 0 Å². The Bertz CT molecular complexity index is 288. The highest BCUT2D eigenvalue weighted by molar-refractivity contribution is 14.0. The molecule has 6 heteroatoms. The Kier molecular flexibility index (Phi) is 9.38. The zero-order chi connectivity index (χ0) is 13.4. The molecule has 2 N–H and O–H groups in total. The maximum Gasteiger partial charge on any atom is 0.191 e. The highest BCUT2D eigenvalue weighted by Gasteiger charge is 2.34. The highest BCUT2D eigenvalue weighted by Crippen LogP contribution is 2.24. The zero-order valence-electron chi connectivity index (χ0n) is 12.2. The van der Waals surface area contributed by atoms with Crippen LogP contribution in [0.4, 0.5) is 0 Å². The van der Waals surface area contributed by atoms with Gasteiger partial charge in [0.1, 0.15) is 0 Å². The van der Waals surface area contributed by atoms with E-state index in [0.717, 1.165) is 45.1 Å². The van der Waals surface area contributed by atoms with Crippen LogP contribution in [-0.4, -0.2) is 63.8 Å². The number of nitrogens with one attached hydrogen (secondary N) is 2. The minimum atomic E-state index is 0. The first-order valence-electron chi connectivity index (χ1n) is 6.45. The molecule has 1 aliphatic heterocycles. The summed E-state index contributed by atoms with van der Waals surface area (Å²) < 4.78 is 5.46. The Labute approximate surface area is 133 Å². The first-order valence-corrected chi connectivity index (χ1v) is 6.45. The summed E-state index contributed by atoms with van der Waals surface area (Å²) in [7, 11) is 6.05. The fourth-order valence-corrected chi connectivity index (χ4v) is 2.17. The first-order chi connectivity index (χ1) is 8.64. The molecule has 1 fully saturated rings. The van der Waals surface area contributed by atoms with E-state index < -0.39 is 0 Å². The second kappa shape index (κ2) is 9.55. The van der Waals surface area contributed by atoms with E-state index in [9.17, 15) is 0 Å². The average molecular weight is 382 g/mol. The van der Waals surface area contributed by atoms with Crippen LogP contribution < -0.4 is 10.6 Å². The van der Waals surface area contributed by atoms with Gasteiger partial charge in [0.2, 0.25) is 0 Å². The molecular formula is C13H27IN4O. The van der Waals surface area contributed by atoms with Gasteiger partial charge in [0.15, 0.2) is 5.96 Å². The molecule has 0 atom stereocenters. The number of likely N-dealkylation sites (N-methyl/N-ethyl adjacent to an activating group) is 1. The Morgan fingerprint density at radius 3 is 2.47 bits per heavy atom. The van der Waals surface area contributed by atoms with Crippen molar-refractivity contribution in [1.29, 1.82) is 0 Å². The summed E-state index contributed by atoms with van der Waals surface area (Å²) in [5.74, 6) is 0.822. The molecule has 0 amide bonds. The number of nitrogens with zero attached hydrogens (tertiary/aromatic N) is 2. The third kappa shape index (κ3) is 5.66. The number of rotatable bonds is 5. The van der Waals surface area contributed by atoms with Crippen molar-refractivity contribution in [2.45, 2.75) is 18.4 Å². The van der Waals surface area contributed by atoms with Gasteiger partial charge in [-0.25, -0.2) is 0 Å². The molecule has 5 nitrogen and oxygen atoms in total. The molecule has 112 valence electrons. The fraction of sp³-hybridized carbons (Fsp3) is 0.769. The Balaban J connectivity index is 0.00000324. The van der Waals surface area contributed by atoms with Gasteiger partial charge in [-0.05, 0) is 26.9 Å². The highest BCUT2D eigenvalue weighted by atomic mass is 127. The van der Waals surface area contributed by atoms with Gasteiger partial charge in [-0.15, -0.1) is 30.6 Å². The van der Waals surface area contributed by atoms with Crippen LogP contribution in [0.1, 0.15) is 12.8 Å². The smallest absolute Gasteiger partial charge is 0.191 e. The predicted molar refractivity (Wildman–Crippen MR) is 91.4 cm³/mol. The average Bonchev–Trinajstić information content (AvgIpc) is 2.40. The summed E-state index contributed by atoms with van der Waals surface area (Å²) in [6, 6.07) is 0. The van der Waals surface area contributed by atoms with Crippen molar-refractivity contribution in [3.63, 3.8) is 0 Å². The second-order valence-electron chi connectivity index (χ2n) is 4.83. The monoisotopic (exact) mass is 382 g/mol. The minimum Gasteiger partial charge on any atom is -0.381 e. The van der Waals surface area contributed by atoms with Gasteiger partial charge in [0.05, 0.1) is 0 Å². The topological polar surface area (TPSA) is 48.9 Å². The van der Waals surface area contributed by atoms with Crippen molar-refractivity contribution in [3.05, 3.63) is 12.7 Å². The van der Waals surface area contributed by atoms with Crippen LogP contribution in [0.2, 0.25) is 0 Å². The molecule has 1 rings (SSSR count). The maximum atomic E-state index is 5.46. The molecule has 0 unspecified atom stereocenters. The van der Waals surface area contributed by atoms with E-state index >= 15 is 0 Å². The van der Waals surface area contributed by atoms with Gasteiger partial charge in [0, 0.05) is 38.9 Å². The van der Waals surface area contributed by atoms with Gasteiger partial charge in [-0.2, -0.15) is 0 Å². The summed E-state index contributed by atoms with van der Waals surface area (Å²) in [6.07, 6.45) is 3.92. The molecule has 0 aromatic carbocycles. The molecule has 0 bridgehead atoms. The van der Waals surface area contributed by atoms with E-state index in [4.69, 9.17) is 4.74 Å². The standard InChI is InChI=1S/C13H26N4O.HI/c1-5-8-15-12(14-2)16-11-13(17(3)4)6-9-18-10-7-13;/h5H,1,6-11H2,2-4H3,(H2,14,15,16);1H. The summed E-state index contributed by atoms with van der Waals surface area (Å²) in [5, 5.41) is 6.58. The first kappa shape index (κ1) is 18.7. The van der Waals surface area contributed by atoms with E-state index in [1.54, 1.807) is 7.05 Å². The molecule has 19 heavy (non-hydrogen) atoms. The lowest BCUT2D eigenvalue weighted by Crippen LogP contribution is -2.57. The molecule has 0 aliphatic carbocycles. The Morgan fingerprint density at radius 2 is 2.00 bits per heavy atom. The molecule has 0 saturated carbocycles. The van der Waals surface area contributed by atoms with Crippen molar-refractivity contribution >= 4 is 29.9 Å². The van der Waals surface area contributed by atoms with Gasteiger partial charge in [-0.3, -0.25) is 4.99 Å². The zero-order valence-corrected chi connectivity index (χ0v) is 14.6. The van der Waals surface area contributed by atoms with Crippen molar-refractivity contribution in [1.82, 2.24) is 15.5 Å². The summed E-state index contributed by atoms with van der Waals surface area (Å²) in [4.78, 5) is 6.49. The number of halogens is 1. The number of hydrogen-bond acceptors (Lipinski definition) is 3. The van der Waals surface area contributed by atoms with Crippen molar-refractivity contribution in [3.8, 4) is 0 Å². The lowest BCUT2D eigenvalue weighted by Gasteiger charge is -2.43. The summed E-state index contributed by atoms with van der Waals surface area (Å²) in [6.45, 7) is 6.95.